The first-order valence-corrected chi connectivity index (χ1v) is 5.98. The molecule has 17 heavy (non-hydrogen) atoms. The van der Waals surface area contributed by atoms with Crippen LogP contribution >= 0.6 is 22.6 Å². The van der Waals surface area contributed by atoms with Crippen LogP contribution in [-0.4, -0.2) is 0 Å². The summed E-state index contributed by atoms with van der Waals surface area (Å²) in [4.78, 5) is 0. The van der Waals surface area contributed by atoms with Crippen LogP contribution < -0.4 is 0 Å². The van der Waals surface area contributed by atoms with Crippen LogP contribution in [0.2, 0.25) is 0 Å². The Morgan fingerprint density at radius 3 is 2.06 bits per heavy atom. The molecular formula is C13H8F3I. The average molecular weight is 348 g/mol. The van der Waals surface area contributed by atoms with Crippen molar-refractivity contribution in [1.82, 2.24) is 0 Å². The Hall–Kier alpha value is -1.04. The van der Waals surface area contributed by atoms with Crippen molar-refractivity contribution in [3.8, 4) is 11.1 Å². The topological polar surface area (TPSA) is 0 Å². The molecule has 2 aromatic carbocycles. The number of halogens is 4. The van der Waals surface area contributed by atoms with Crippen molar-refractivity contribution in [1.29, 1.82) is 0 Å². The van der Waals surface area contributed by atoms with E-state index in [0.29, 0.717) is 17.7 Å². The number of hydrogen-bond acceptors (Lipinski definition) is 0. The number of benzene rings is 2. The summed E-state index contributed by atoms with van der Waals surface area (Å²) in [5, 5.41) is 0. The van der Waals surface area contributed by atoms with Crippen molar-refractivity contribution < 1.29 is 13.2 Å². The summed E-state index contributed by atoms with van der Waals surface area (Å²) in [5.74, 6) is -2.69. The predicted molar refractivity (Wildman–Crippen MR) is 69.2 cm³/mol. The molecule has 0 aromatic heterocycles. The van der Waals surface area contributed by atoms with E-state index in [-0.39, 0.29) is 5.56 Å². The van der Waals surface area contributed by atoms with Crippen LogP contribution in [0.4, 0.5) is 13.2 Å². The normalized spacial score (nSPS) is 10.6. The molecule has 0 nitrogen and oxygen atoms in total. The van der Waals surface area contributed by atoms with Gasteiger partial charge < -0.3 is 0 Å². The van der Waals surface area contributed by atoms with E-state index in [9.17, 15) is 13.2 Å². The highest BCUT2D eigenvalue weighted by atomic mass is 127. The van der Waals surface area contributed by atoms with Gasteiger partial charge in [-0.25, -0.2) is 13.2 Å². The summed E-state index contributed by atoms with van der Waals surface area (Å²) in [5.41, 5.74) is 1.25. The molecule has 0 bridgehead atoms. The first kappa shape index (κ1) is 12.4. The lowest BCUT2D eigenvalue weighted by Crippen LogP contribution is -1.93. The van der Waals surface area contributed by atoms with E-state index in [1.54, 1.807) is 18.2 Å². The molecule has 0 saturated heterocycles. The van der Waals surface area contributed by atoms with Crippen LogP contribution in [0.5, 0.6) is 0 Å². The first-order valence-electron chi connectivity index (χ1n) is 4.90. The van der Waals surface area contributed by atoms with Gasteiger partial charge in [0.2, 0.25) is 0 Å². The van der Waals surface area contributed by atoms with Gasteiger partial charge in [-0.05, 0) is 46.7 Å². The van der Waals surface area contributed by atoms with Gasteiger partial charge in [0, 0.05) is 15.7 Å². The van der Waals surface area contributed by atoms with Gasteiger partial charge in [0.25, 0.3) is 0 Å². The molecule has 0 fully saturated rings. The molecule has 0 amide bonds. The van der Waals surface area contributed by atoms with Gasteiger partial charge in [-0.3, -0.25) is 0 Å². The zero-order chi connectivity index (χ0) is 12.6. The fraction of sp³-hybridized carbons (Fsp3) is 0.0769. The second-order valence-corrected chi connectivity index (χ2v) is 4.87. The molecule has 0 aliphatic rings. The van der Waals surface area contributed by atoms with E-state index < -0.39 is 17.5 Å². The molecule has 0 atom stereocenters. The largest absolute Gasteiger partial charge is 0.207 e. The van der Waals surface area contributed by atoms with Crippen molar-refractivity contribution in [3.63, 3.8) is 0 Å². The van der Waals surface area contributed by atoms with Crippen molar-refractivity contribution >= 4 is 22.6 Å². The van der Waals surface area contributed by atoms with Gasteiger partial charge in [-0.15, -0.1) is 0 Å². The van der Waals surface area contributed by atoms with Crippen LogP contribution in [-0.2, 0) is 0 Å². The smallest absolute Gasteiger partial charge is 0.136 e. The second kappa shape index (κ2) is 4.68. The Labute approximate surface area is 111 Å². The molecule has 2 rings (SSSR count). The zero-order valence-corrected chi connectivity index (χ0v) is 11.1. The van der Waals surface area contributed by atoms with Gasteiger partial charge >= 0.3 is 0 Å². The third kappa shape index (κ3) is 2.46. The van der Waals surface area contributed by atoms with E-state index >= 15 is 0 Å². The van der Waals surface area contributed by atoms with Crippen molar-refractivity contribution in [2.75, 3.05) is 0 Å². The lowest BCUT2D eigenvalue weighted by molar-refractivity contribution is 0.548. The molecule has 0 aliphatic carbocycles. The highest BCUT2D eigenvalue weighted by molar-refractivity contribution is 14.1. The maximum absolute atomic E-state index is 13.5. The van der Waals surface area contributed by atoms with Crippen molar-refractivity contribution in [2.24, 2.45) is 0 Å². The maximum atomic E-state index is 13.5. The van der Waals surface area contributed by atoms with Crippen LogP contribution in [0.3, 0.4) is 0 Å². The summed E-state index contributed by atoms with van der Waals surface area (Å²) in [6, 6.07) is 6.45. The molecule has 88 valence electrons. The predicted octanol–water partition coefficient (Wildman–Crippen LogP) is 4.68. The summed E-state index contributed by atoms with van der Waals surface area (Å²) >= 11 is 2.09. The first-order chi connectivity index (χ1) is 7.99. The third-order valence-corrected chi connectivity index (χ3v) is 3.63. The number of rotatable bonds is 1. The molecule has 0 aliphatic heterocycles. The van der Waals surface area contributed by atoms with Crippen LogP contribution in [0.25, 0.3) is 11.1 Å². The standard InChI is InChI=1S/C13H8F3I/c1-7-2-3-8(4-12(7)17)13-10(15)5-9(14)6-11(13)16/h2-6H,1H3. The molecule has 0 spiro atoms. The molecule has 0 saturated carbocycles. The Kier molecular flexibility index (Phi) is 3.42. The molecule has 2 aromatic rings. The summed E-state index contributed by atoms with van der Waals surface area (Å²) < 4.78 is 40.8. The van der Waals surface area contributed by atoms with Gasteiger partial charge in [0.05, 0.1) is 5.56 Å². The maximum Gasteiger partial charge on any atom is 0.136 e. The van der Waals surface area contributed by atoms with Crippen LogP contribution in [0.15, 0.2) is 30.3 Å². The highest BCUT2D eigenvalue weighted by Crippen LogP contribution is 2.28. The van der Waals surface area contributed by atoms with E-state index in [1.165, 1.54) is 0 Å². The van der Waals surface area contributed by atoms with Gasteiger partial charge in [-0.2, -0.15) is 0 Å². The minimum atomic E-state index is -0.912. The molecule has 0 radical (unpaired) electrons. The Balaban J connectivity index is 2.64. The summed E-state index contributed by atoms with van der Waals surface area (Å²) in [6.07, 6.45) is 0. The second-order valence-electron chi connectivity index (χ2n) is 3.71. The Morgan fingerprint density at radius 1 is 0.941 bits per heavy atom. The van der Waals surface area contributed by atoms with E-state index in [1.807, 2.05) is 6.92 Å². The molecule has 0 heterocycles. The van der Waals surface area contributed by atoms with Crippen LogP contribution in [0.1, 0.15) is 5.56 Å². The quantitative estimate of drug-likeness (QED) is 0.657. The summed E-state index contributed by atoms with van der Waals surface area (Å²) in [7, 11) is 0. The number of aryl methyl sites for hydroxylation is 1. The molecular weight excluding hydrogens is 340 g/mol. The van der Waals surface area contributed by atoms with E-state index in [0.717, 1.165) is 9.13 Å². The summed E-state index contributed by atoms with van der Waals surface area (Å²) in [6.45, 7) is 1.91. The number of hydrogen-bond donors (Lipinski definition) is 0. The minimum absolute atomic E-state index is 0.190. The van der Waals surface area contributed by atoms with Crippen molar-refractivity contribution in [3.05, 3.63) is 56.9 Å². The lowest BCUT2D eigenvalue weighted by Gasteiger charge is -2.07. The molecule has 0 unspecified atom stereocenters. The lowest BCUT2D eigenvalue weighted by atomic mass is 10.0. The zero-order valence-electron chi connectivity index (χ0n) is 8.90. The molecule has 4 heteroatoms. The Bertz CT molecular complexity index is 556. The van der Waals surface area contributed by atoms with Gasteiger partial charge in [0.1, 0.15) is 17.5 Å². The van der Waals surface area contributed by atoms with E-state index in [4.69, 9.17) is 0 Å². The van der Waals surface area contributed by atoms with Crippen molar-refractivity contribution in [2.45, 2.75) is 6.92 Å². The average Bonchev–Trinajstić information content (AvgIpc) is 2.21. The van der Waals surface area contributed by atoms with E-state index in [2.05, 4.69) is 22.6 Å². The Morgan fingerprint density at radius 2 is 1.53 bits per heavy atom. The highest BCUT2D eigenvalue weighted by Gasteiger charge is 2.14. The monoisotopic (exact) mass is 348 g/mol. The third-order valence-electron chi connectivity index (χ3n) is 2.47. The minimum Gasteiger partial charge on any atom is -0.207 e. The fourth-order valence-corrected chi connectivity index (χ4v) is 2.08. The van der Waals surface area contributed by atoms with Crippen LogP contribution in [0, 0.1) is 27.9 Å². The van der Waals surface area contributed by atoms with Gasteiger partial charge in [0.15, 0.2) is 0 Å². The molecule has 0 N–H and O–H groups in total. The fourth-order valence-electron chi connectivity index (χ4n) is 1.57. The van der Waals surface area contributed by atoms with Gasteiger partial charge in [-0.1, -0.05) is 12.1 Å². The SMILES string of the molecule is Cc1ccc(-c2c(F)cc(F)cc2F)cc1I.